The minimum atomic E-state index is 0.0164. The molecule has 0 radical (unpaired) electrons. The molecule has 3 nitrogen and oxygen atoms in total. The summed E-state index contributed by atoms with van der Waals surface area (Å²) in [6, 6.07) is 0. The van der Waals surface area contributed by atoms with Gasteiger partial charge < -0.3 is 5.73 Å². The number of hydrazine groups is 1. The molecular formula is C8H19N3. The van der Waals surface area contributed by atoms with Crippen LogP contribution in [-0.4, -0.2) is 42.7 Å². The molecule has 3 heteroatoms. The van der Waals surface area contributed by atoms with Crippen molar-refractivity contribution in [1.82, 2.24) is 10.0 Å². The van der Waals surface area contributed by atoms with Crippen LogP contribution in [0.15, 0.2) is 0 Å². The van der Waals surface area contributed by atoms with E-state index < -0.39 is 0 Å². The standard InChI is InChI=1S/C8H19N3/c1-8(9)5-4-6-11(7-8)10(2)3/h4-7,9H2,1-3H3. The summed E-state index contributed by atoms with van der Waals surface area (Å²) in [5, 5.41) is 4.42. The number of hydrogen-bond acceptors (Lipinski definition) is 3. The van der Waals surface area contributed by atoms with Gasteiger partial charge >= 0.3 is 0 Å². The first kappa shape index (κ1) is 8.97. The molecule has 11 heavy (non-hydrogen) atoms. The molecule has 0 aromatic carbocycles. The van der Waals surface area contributed by atoms with Gasteiger partial charge in [0.25, 0.3) is 0 Å². The first-order valence-electron chi connectivity index (χ1n) is 4.22. The Bertz CT molecular complexity index is 131. The lowest BCUT2D eigenvalue weighted by atomic mass is 9.93. The van der Waals surface area contributed by atoms with Crippen molar-refractivity contribution < 1.29 is 0 Å². The predicted molar refractivity (Wildman–Crippen MR) is 47.1 cm³/mol. The number of nitrogens with two attached hydrogens (primary N) is 1. The van der Waals surface area contributed by atoms with E-state index in [1.807, 2.05) is 0 Å². The molecule has 1 fully saturated rings. The molecular weight excluding hydrogens is 138 g/mol. The second-order valence-corrected chi connectivity index (χ2v) is 3.99. The van der Waals surface area contributed by atoms with Crippen LogP contribution in [0.25, 0.3) is 0 Å². The van der Waals surface area contributed by atoms with Crippen LogP contribution in [0.3, 0.4) is 0 Å². The van der Waals surface area contributed by atoms with Gasteiger partial charge in [0, 0.05) is 32.7 Å². The van der Waals surface area contributed by atoms with Gasteiger partial charge in [-0.2, -0.15) is 0 Å². The summed E-state index contributed by atoms with van der Waals surface area (Å²) in [6.07, 6.45) is 2.36. The molecule has 1 saturated heterocycles. The zero-order chi connectivity index (χ0) is 8.48. The van der Waals surface area contributed by atoms with Crippen molar-refractivity contribution in [2.24, 2.45) is 5.73 Å². The fourth-order valence-electron chi connectivity index (χ4n) is 1.58. The molecule has 0 bridgehead atoms. The Morgan fingerprint density at radius 3 is 2.45 bits per heavy atom. The Morgan fingerprint density at radius 1 is 1.45 bits per heavy atom. The van der Waals surface area contributed by atoms with E-state index in [0.29, 0.717) is 0 Å². The van der Waals surface area contributed by atoms with E-state index in [1.54, 1.807) is 0 Å². The van der Waals surface area contributed by atoms with E-state index in [1.165, 1.54) is 6.42 Å². The maximum absolute atomic E-state index is 6.04. The summed E-state index contributed by atoms with van der Waals surface area (Å²) in [4.78, 5) is 0. The second-order valence-electron chi connectivity index (χ2n) is 3.99. The molecule has 1 atom stereocenters. The van der Waals surface area contributed by atoms with Crippen molar-refractivity contribution in [2.45, 2.75) is 25.3 Å². The fraction of sp³-hybridized carbons (Fsp3) is 1.00. The summed E-state index contributed by atoms with van der Waals surface area (Å²) >= 11 is 0. The van der Waals surface area contributed by atoms with Crippen molar-refractivity contribution in [2.75, 3.05) is 27.2 Å². The lowest BCUT2D eigenvalue weighted by Crippen LogP contribution is -2.55. The number of nitrogens with zero attached hydrogens (tertiary/aromatic N) is 2. The van der Waals surface area contributed by atoms with Crippen molar-refractivity contribution in [1.29, 1.82) is 0 Å². The highest BCUT2D eigenvalue weighted by molar-refractivity contribution is 4.85. The SMILES string of the molecule is CN(C)N1CCCC(C)(N)C1. The summed E-state index contributed by atoms with van der Waals surface area (Å²) in [7, 11) is 4.14. The first-order valence-corrected chi connectivity index (χ1v) is 4.22. The van der Waals surface area contributed by atoms with Gasteiger partial charge in [0.1, 0.15) is 0 Å². The maximum Gasteiger partial charge on any atom is 0.0311 e. The highest BCUT2D eigenvalue weighted by Gasteiger charge is 2.27. The van der Waals surface area contributed by atoms with Gasteiger partial charge in [0.15, 0.2) is 0 Å². The van der Waals surface area contributed by atoms with Crippen LogP contribution in [0.5, 0.6) is 0 Å². The molecule has 1 unspecified atom stereocenters. The highest BCUT2D eigenvalue weighted by atomic mass is 15.6. The van der Waals surface area contributed by atoms with Crippen LogP contribution in [0.2, 0.25) is 0 Å². The quantitative estimate of drug-likeness (QED) is 0.593. The van der Waals surface area contributed by atoms with Gasteiger partial charge in [-0.15, -0.1) is 0 Å². The third kappa shape index (κ3) is 2.43. The van der Waals surface area contributed by atoms with Crippen LogP contribution in [0, 0.1) is 0 Å². The molecule has 0 aromatic heterocycles. The Morgan fingerprint density at radius 2 is 2.09 bits per heavy atom. The molecule has 0 aliphatic carbocycles. The van der Waals surface area contributed by atoms with E-state index in [9.17, 15) is 0 Å². The van der Waals surface area contributed by atoms with Gasteiger partial charge in [-0.3, -0.25) is 0 Å². The van der Waals surface area contributed by atoms with Crippen LogP contribution in [-0.2, 0) is 0 Å². The normalized spacial score (nSPS) is 34.6. The molecule has 66 valence electrons. The third-order valence-electron chi connectivity index (χ3n) is 2.27. The van der Waals surface area contributed by atoms with E-state index in [-0.39, 0.29) is 5.54 Å². The van der Waals surface area contributed by atoms with Crippen molar-refractivity contribution in [3.05, 3.63) is 0 Å². The fourth-order valence-corrected chi connectivity index (χ4v) is 1.58. The van der Waals surface area contributed by atoms with Crippen LogP contribution in [0.4, 0.5) is 0 Å². The zero-order valence-electron chi connectivity index (χ0n) is 7.80. The molecule has 2 N–H and O–H groups in total. The Labute approximate surface area is 69.1 Å². The van der Waals surface area contributed by atoms with Gasteiger partial charge in [-0.1, -0.05) is 0 Å². The largest absolute Gasteiger partial charge is 0.324 e. The van der Waals surface area contributed by atoms with E-state index in [2.05, 4.69) is 31.0 Å². The summed E-state index contributed by atoms with van der Waals surface area (Å²) in [5.74, 6) is 0. The molecule has 1 aliphatic rings. The first-order chi connectivity index (χ1) is 5.01. The lowest BCUT2D eigenvalue weighted by Gasteiger charge is -2.40. The van der Waals surface area contributed by atoms with Crippen LogP contribution >= 0.6 is 0 Å². The van der Waals surface area contributed by atoms with Crippen LogP contribution in [0.1, 0.15) is 19.8 Å². The van der Waals surface area contributed by atoms with Crippen molar-refractivity contribution in [3.8, 4) is 0 Å². The van der Waals surface area contributed by atoms with Gasteiger partial charge in [-0.25, -0.2) is 10.0 Å². The summed E-state index contributed by atoms with van der Waals surface area (Å²) in [5.41, 5.74) is 6.05. The van der Waals surface area contributed by atoms with Gasteiger partial charge in [0.05, 0.1) is 0 Å². The van der Waals surface area contributed by atoms with E-state index in [4.69, 9.17) is 5.73 Å². The molecule has 0 spiro atoms. The maximum atomic E-state index is 6.04. The monoisotopic (exact) mass is 157 g/mol. The molecule has 0 saturated carbocycles. The topological polar surface area (TPSA) is 32.5 Å². The Balaban J connectivity index is 2.46. The molecule has 0 aromatic rings. The second kappa shape index (κ2) is 3.09. The molecule has 0 amide bonds. The Hall–Kier alpha value is -0.120. The molecule has 1 aliphatic heterocycles. The Kier molecular flexibility index (Phi) is 2.52. The number of rotatable bonds is 1. The number of hydrogen-bond donors (Lipinski definition) is 1. The van der Waals surface area contributed by atoms with Crippen LogP contribution < -0.4 is 5.73 Å². The zero-order valence-corrected chi connectivity index (χ0v) is 7.80. The molecule has 1 heterocycles. The molecule has 1 rings (SSSR count). The summed E-state index contributed by atoms with van der Waals surface area (Å²) < 4.78 is 0. The third-order valence-corrected chi connectivity index (χ3v) is 2.27. The van der Waals surface area contributed by atoms with E-state index >= 15 is 0 Å². The summed E-state index contributed by atoms with van der Waals surface area (Å²) in [6.45, 7) is 4.27. The van der Waals surface area contributed by atoms with Gasteiger partial charge in [-0.05, 0) is 19.8 Å². The number of piperidine rings is 1. The van der Waals surface area contributed by atoms with Gasteiger partial charge in [0.2, 0.25) is 0 Å². The predicted octanol–water partition coefficient (Wildman–Crippen LogP) is 0.276. The van der Waals surface area contributed by atoms with E-state index in [0.717, 1.165) is 19.5 Å². The minimum absolute atomic E-state index is 0.0164. The van der Waals surface area contributed by atoms with Crippen molar-refractivity contribution in [3.63, 3.8) is 0 Å². The minimum Gasteiger partial charge on any atom is -0.324 e. The van der Waals surface area contributed by atoms with Crippen molar-refractivity contribution >= 4 is 0 Å². The lowest BCUT2D eigenvalue weighted by molar-refractivity contribution is -0.0177. The smallest absolute Gasteiger partial charge is 0.0311 e. The average molecular weight is 157 g/mol. The average Bonchev–Trinajstić information content (AvgIpc) is 1.85. The highest BCUT2D eigenvalue weighted by Crippen LogP contribution is 2.17.